The number of hydrogen-bond donors (Lipinski definition) is 1. The monoisotopic (exact) mass is 314 g/mol. The summed E-state index contributed by atoms with van der Waals surface area (Å²) in [4.78, 5) is 8.17. The first-order valence-corrected chi connectivity index (χ1v) is 6.40. The molecule has 1 N–H and O–H groups in total. The molecule has 1 heterocycles. The fourth-order valence-electron chi connectivity index (χ4n) is 1.67. The van der Waals surface area contributed by atoms with E-state index in [1.807, 2.05) is 0 Å². The van der Waals surface area contributed by atoms with Crippen LogP contribution in [0, 0.1) is 0 Å². The lowest BCUT2D eigenvalue weighted by Gasteiger charge is -2.15. The van der Waals surface area contributed by atoms with Crippen LogP contribution in [0.5, 0.6) is 11.8 Å². The zero-order valence-corrected chi connectivity index (χ0v) is 12.3. The van der Waals surface area contributed by atoms with Gasteiger partial charge < -0.3 is 14.6 Å². The minimum atomic E-state index is -1.10. The number of aliphatic hydroxyl groups excluding tert-OH is 1. The molecule has 7 heteroatoms. The Kier molecular flexibility index (Phi) is 4.65. The molecule has 0 aliphatic carbocycles. The third kappa shape index (κ3) is 2.95. The number of nitrogens with zero attached hydrogens (tertiary/aromatic N) is 2. The summed E-state index contributed by atoms with van der Waals surface area (Å²) in [5.74, 6) is 0.447. The van der Waals surface area contributed by atoms with Crippen molar-refractivity contribution in [1.29, 1.82) is 0 Å². The molecule has 0 bridgehead atoms. The summed E-state index contributed by atoms with van der Waals surface area (Å²) in [6.45, 7) is 0. The van der Waals surface area contributed by atoms with E-state index in [2.05, 4.69) is 9.97 Å². The Bertz CT molecular complexity index is 623. The van der Waals surface area contributed by atoms with Crippen molar-refractivity contribution in [1.82, 2.24) is 9.97 Å². The summed E-state index contributed by atoms with van der Waals surface area (Å²) in [6, 6.07) is 4.81. The molecule has 0 aliphatic heterocycles. The van der Waals surface area contributed by atoms with Crippen LogP contribution < -0.4 is 9.47 Å². The lowest BCUT2D eigenvalue weighted by atomic mass is 10.1. The Morgan fingerprint density at radius 2 is 1.95 bits per heavy atom. The highest BCUT2D eigenvalue weighted by Crippen LogP contribution is 2.33. The Morgan fingerprint density at radius 3 is 2.60 bits per heavy atom. The van der Waals surface area contributed by atoms with Crippen molar-refractivity contribution < 1.29 is 14.6 Å². The lowest BCUT2D eigenvalue weighted by Crippen LogP contribution is -2.08. The molecule has 0 spiro atoms. The molecule has 2 aromatic rings. The summed E-state index contributed by atoms with van der Waals surface area (Å²) in [7, 11) is 2.90. The van der Waals surface area contributed by atoms with Crippen LogP contribution in [0.4, 0.5) is 0 Å². The van der Waals surface area contributed by atoms with E-state index in [1.54, 1.807) is 18.2 Å². The molecule has 0 radical (unpaired) electrons. The van der Waals surface area contributed by atoms with E-state index in [0.717, 1.165) is 0 Å². The van der Waals surface area contributed by atoms with Gasteiger partial charge in [-0.25, -0.2) is 4.98 Å². The van der Waals surface area contributed by atoms with Crippen molar-refractivity contribution in [2.45, 2.75) is 6.10 Å². The number of halogens is 2. The van der Waals surface area contributed by atoms with E-state index in [1.165, 1.54) is 20.4 Å². The largest absolute Gasteiger partial charge is 0.480 e. The third-order valence-electron chi connectivity index (χ3n) is 2.66. The summed E-state index contributed by atoms with van der Waals surface area (Å²) in [6.07, 6.45) is 0.286. The van der Waals surface area contributed by atoms with E-state index in [0.29, 0.717) is 15.6 Å². The summed E-state index contributed by atoms with van der Waals surface area (Å²) < 4.78 is 10.1. The molecule has 0 saturated heterocycles. The number of methoxy groups -OCH3 is 2. The van der Waals surface area contributed by atoms with E-state index >= 15 is 0 Å². The van der Waals surface area contributed by atoms with Crippen LogP contribution in [0.25, 0.3) is 0 Å². The first-order chi connectivity index (χ1) is 9.56. The Balaban J connectivity index is 2.47. The smallest absolute Gasteiger partial charge is 0.241 e. The molecule has 0 aliphatic rings. The van der Waals surface area contributed by atoms with Gasteiger partial charge in [0.05, 0.1) is 20.4 Å². The van der Waals surface area contributed by atoms with Gasteiger partial charge >= 0.3 is 0 Å². The van der Waals surface area contributed by atoms with Gasteiger partial charge in [0.25, 0.3) is 0 Å². The second-order valence-corrected chi connectivity index (χ2v) is 4.72. The van der Waals surface area contributed by atoms with Crippen molar-refractivity contribution in [2.24, 2.45) is 0 Å². The van der Waals surface area contributed by atoms with Crippen molar-refractivity contribution in [3.63, 3.8) is 0 Å². The average molecular weight is 315 g/mol. The number of hydrogen-bond acceptors (Lipinski definition) is 5. The first kappa shape index (κ1) is 14.8. The molecule has 20 heavy (non-hydrogen) atoms. The molecule has 1 aromatic carbocycles. The van der Waals surface area contributed by atoms with E-state index in [4.69, 9.17) is 32.7 Å². The number of benzene rings is 1. The van der Waals surface area contributed by atoms with Crippen LogP contribution in [0.3, 0.4) is 0 Å². The van der Waals surface area contributed by atoms with Crippen molar-refractivity contribution in [2.75, 3.05) is 14.2 Å². The molecule has 0 saturated carbocycles. The zero-order chi connectivity index (χ0) is 14.7. The van der Waals surface area contributed by atoms with E-state index in [9.17, 15) is 5.11 Å². The van der Waals surface area contributed by atoms with Gasteiger partial charge in [0, 0.05) is 15.6 Å². The molecule has 0 amide bonds. The number of aliphatic hydroxyl groups is 1. The van der Waals surface area contributed by atoms with Crippen molar-refractivity contribution in [3.8, 4) is 11.8 Å². The Labute approximate surface area is 126 Å². The minimum absolute atomic E-state index is 0.160. The normalized spacial score (nSPS) is 12.1. The second-order valence-electron chi connectivity index (χ2n) is 3.88. The molecule has 1 unspecified atom stereocenters. The van der Waals surface area contributed by atoms with Gasteiger partial charge in [-0.3, -0.25) is 0 Å². The first-order valence-electron chi connectivity index (χ1n) is 5.64. The molecule has 1 atom stereocenters. The Morgan fingerprint density at radius 1 is 1.20 bits per heavy atom. The van der Waals surface area contributed by atoms with E-state index in [-0.39, 0.29) is 17.5 Å². The standard InChI is InChI=1S/C13H12Cl2N2O3/c1-19-10-6-16-11(13(17-10)20-2)12(18)8-5-7(14)3-4-9(8)15/h3-6,12,18H,1-2H3. The average Bonchev–Trinajstić information content (AvgIpc) is 2.48. The molecule has 106 valence electrons. The molecule has 2 rings (SSSR count). The summed E-state index contributed by atoms with van der Waals surface area (Å²) in [5, 5.41) is 11.2. The number of aromatic nitrogens is 2. The van der Waals surface area contributed by atoms with Crippen LogP contribution in [0.15, 0.2) is 24.4 Å². The highest BCUT2D eigenvalue weighted by molar-refractivity contribution is 6.33. The van der Waals surface area contributed by atoms with Gasteiger partial charge in [-0.05, 0) is 18.2 Å². The zero-order valence-electron chi connectivity index (χ0n) is 10.8. The maximum absolute atomic E-state index is 10.4. The summed E-state index contributed by atoms with van der Waals surface area (Å²) >= 11 is 12.0. The van der Waals surface area contributed by atoms with Gasteiger partial charge in [0.15, 0.2) is 0 Å². The second kappa shape index (κ2) is 6.26. The molecular formula is C13H12Cl2N2O3. The fraction of sp³-hybridized carbons (Fsp3) is 0.231. The molecule has 1 aromatic heterocycles. The number of ether oxygens (including phenoxy) is 2. The molecule has 0 fully saturated rings. The lowest BCUT2D eigenvalue weighted by molar-refractivity contribution is 0.206. The number of rotatable bonds is 4. The van der Waals surface area contributed by atoms with Gasteiger partial charge in [-0.15, -0.1) is 0 Å². The third-order valence-corrected chi connectivity index (χ3v) is 3.24. The molecule has 5 nitrogen and oxygen atoms in total. The van der Waals surface area contributed by atoms with Crippen LogP contribution in [0.2, 0.25) is 10.0 Å². The van der Waals surface area contributed by atoms with Gasteiger partial charge in [-0.1, -0.05) is 23.2 Å². The van der Waals surface area contributed by atoms with E-state index < -0.39 is 6.10 Å². The minimum Gasteiger partial charge on any atom is -0.480 e. The van der Waals surface area contributed by atoms with Crippen molar-refractivity contribution in [3.05, 3.63) is 45.7 Å². The molecular weight excluding hydrogens is 303 g/mol. The van der Waals surface area contributed by atoms with Crippen LogP contribution >= 0.6 is 23.2 Å². The fourth-order valence-corrected chi connectivity index (χ4v) is 2.08. The van der Waals surface area contributed by atoms with Gasteiger partial charge in [0.1, 0.15) is 11.8 Å². The Hall–Kier alpha value is -1.56. The predicted octanol–water partition coefficient (Wildman–Crippen LogP) is 2.88. The van der Waals surface area contributed by atoms with Crippen LogP contribution in [-0.2, 0) is 0 Å². The quantitative estimate of drug-likeness (QED) is 0.940. The maximum Gasteiger partial charge on any atom is 0.241 e. The van der Waals surface area contributed by atoms with Crippen molar-refractivity contribution >= 4 is 23.2 Å². The highest BCUT2D eigenvalue weighted by Gasteiger charge is 2.21. The highest BCUT2D eigenvalue weighted by atomic mass is 35.5. The maximum atomic E-state index is 10.4. The topological polar surface area (TPSA) is 64.5 Å². The summed E-state index contributed by atoms with van der Waals surface area (Å²) in [5.41, 5.74) is 0.661. The van der Waals surface area contributed by atoms with Crippen LogP contribution in [0.1, 0.15) is 17.4 Å². The SMILES string of the molecule is COc1cnc(C(O)c2cc(Cl)ccc2Cl)c(OC)n1. The van der Waals surface area contributed by atoms with Gasteiger partial charge in [-0.2, -0.15) is 4.98 Å². The van der Waals surface area contributed by atoms with Gasteiger partial charge in [0.2, 0.25) is 11.8 Å². The predicted molar refractivity (Wildman–Crippen MR) is 75.7 cm³/mol. The van der Waals surface area contributed by atoms with Crippen LogP contribution in [-0.4, -0.2) is 29.3 Å².